The minimum Gasteiger partial charge on any atom is -0.208 e. The molecule has 7 aromatic rings. The summed E-state index contributed by atoms with van der Waals surface area (Å²) in [5, 5.41) is 0. The van der Waals surface area contributed by atoms with Crippen molar-refractivity contribution in [2.75, 3.05) is 0 Å². The molecule has 0 amide bonds. The summed E-state index contributed by atoms with van der Waals surface area (Å²) < 4.78 is 0. The van der Waals surface area contributed by atoms with Crippen molar-refractivity contribution in [2.24, 2.45) is 0 Å². The molecule has 0 aliphatic heterocycles. The van der Waals surface area contributed by atoms with Crippen molar-refractivity contribution >= 4 is 5.57 Å². The molecule has 266 valence electrons. The van der Waals surface area contributed by atoms with E-state index in [1.165, 1.54) is 61.2 Å². The largest absolute Gasteiger partial charge is 0.208 e. The van der Waals surface area contributed by atoms with Gasteiger partial charge < -0.3 is 0 Å². The summed E-state index contributed by atoms with van der Waals surface area (Å²) in [5.74, 6) is 2.00. The van der Waals surface area contributed by atoms with Gasteiger partial charge in [-0.1, -0.05) is 186 Å². The molecular formula is C52H43N3. The first-order chi connectivity index (χ1) is 26.6. The van der Waals surface area contributed by atoms with Crippen LogP contribution < -0.4 is 0 Å². The van der Waals surface area contributed by atoms with E-state index >= 15 is 0 Å². The van der Waals surface area contributed by atoms with E-state index in [-0.39, 0.29) is 16.2 Å². The zero-order chi connectivity index (χ0) is 37.5. The summed E-state index contributed by atoms with van der Waals surface area (Å²) in [6.07, 6.45) is 5.94. The Bertz CT molecular complexity index is 2710. The highest BCUT2D eigenvalue weighted by Gasteiger charge is 2.42. The van der Waals surface area contributed by atoms with Crippen molar-refractivity contribution in [3.8, 4) is 56.4 Å². The lowest BCUT2D eigenvalue weighted by Crippen LogP contribution is -2.25. The third-order valence-electron chi connectivity index (χ3n) is 12.6. The number of rotatable bonds is 5. The van der Waals surface area contributed by atoms with Crippen molar-refractivity contribution in [1.29, 1.82) is 0 Å². The number of aromatic nitrogens is 3. The molecule has 1 aromatic heterocycles. The van der Waals surface area contributed by atoms with Gasteiger partial charge >= 0.3 is 0 Å². The maximum Gasteiger partial charge on any atom is 0.164 e. The van der Waals surface area contributed by atoms with Gasteiger partial charge in [0.2, 0.25) is 0 Å². The van der Waals surface area contributed by atoms with Gasteiger partial charge in [0, 0.05) is 32.9 Å². The SMILES string of the molecule is CC1(c2ccc(-c3nc(-c4ccccc4)nc(-c4ccc(-c5ccc6c(c5)C(C)(C)c5ccccc5-6)cc4)n3)cc2)C=C2C(=CC1)c1ccccc1C2(C)C. The van der Waals surface area contributed by atoms with E-state index in [1.54, 1.807) is 0 Å². The number of fused-ring (bicyclic) bond motifs is 6. The molecular weight excluding hydrogens is 667 g/mol. The molecule has 0 N–H and O–H groups in total. The smallest absolute Gasteiger partial charge is 0.164 e. The number of benzene rings is 6. The standard InChI is InChI=1S/C52H43N3/c1-50(2)43-17-11-9-15-39(43)41-28-25-37(31-45(41)50)33-19-21-35(22-20-33)48-53-47(34-13-7-6-8-14-34)54-49(55-48)36-23-26-38(27-24-36)52(5)30-29-42-40-16-10-12-18-44(40)51(3,4)46(42)32-52/h6-29,31-32H,30H2,1-5H3. The van der Waals surface area contributed by atoms with Crippen LogP contribution in [0.5, 0.6) is 0 Å². The molecule has 0 spiro atoms. The molecule has 6 aromatic carbocycles. The fourth-order valence-corrected chi connectivity index (χ4v) is 9.31. The topological polar surface area (TPSA) is 38.7 Å². The summed E-state index contributed by atoms with van der Waals surface area (Å²) in [5.41, 5.74) is 17.4. The fourth-order valence-electron chi connectivity index (χ4n) is 9.31. The van der Waals surface area contributed by atoms with Crippen molar-refractivity contribution in [2.45, 2.75) is 57.3 Å². The van der Waals surface area contributed by atoms with Crippen LogP contribution in [-0.4, -0.2) is 15.0 Å². The second-order valence-corrected chi connectivity index (χ2v) is 16.7. The highest BCUT2D eigenvalue weighted by Crippen LogP contribution is 2.54. The molecule has 0 fully saturated rings. The molecule has 55 heavy (non-hydrogen) atoms. The summed E-state index contributed by atoms with van der Waals surface area (Å²) >= 11 is 0. The van der Waals surface area contributed by atoms with Crippen LogP contribution in [0.2, 0.25) is 0 Å². The molecule has 1 atom stereocenters. The Morgan fingerprint density at radius 1 is 0.418 bits per heavy atom. The van der Waals surface area contributed by atoms with E-state index in [4.69, 9.17) is 15.0 Å². The van der Waals surface area contributed by atoms with Gasteiger partial charge in [-0.25, -0.2) is 15.0 Å². The Labute approximate surface area is 324 Å². The Balaban J connectivity index is 0.980. The molecule has 0 saturated heterocycles. The molecule has 3 heteroatoms. The molecule has 1 heterocycles. The van der Waals surface area contributed by atoms with E-state index in [0.29, 0.717) is 17.5 Å². The normalized spacial score (nSPS) is 18.4. The average Bonchev–Trinajstić information content (AvgIpc) is 3.59. The maximum absolute atomic E-state index is 5.09. The van der Waals surface area contributed by atoms with Gasteiger partial charge in [-0.2, -0.15) is 0 Å². The lowest BCUT2D eigenvalue weighted by atomic mass is 9.70. The van der Waals surface area contributed by atoms with Gasteiger partial charge in [-0.15, -0.1) is 0 Å². The Kier molecular flexibility index (Phi) is 7.38. The molecule has 10 rings (SSSR count). The van der Waals surface area contributed by atoms with Gasteiger partial charge in [0.1, 0.15) is 0 Å². The Hall–Kier alpha value is -6.19. The zero-order valence-corrected chi connectivity index (χ0v) is 32.1. The molecule has 1 unspecified atom stereocenters. The van der Waals surface area contributed by atoms with Crippen LogP contribution in [0.15, 0.2) is 163 Å². The van der Waals surface area contributed by atoms with Crippen LogP contribution in [0.3, 0.4) is 0 Å². The van der Waals surface area contributed by atoms with Crippen molar-refractivity contribution < 1.29 is 0 Å². The first-order valence-electron chi connectivity index (χ1n) is 19.4. The third-order valence-corrected chi connectivity index (χ3v) is 12.6. The summed E-state index contributed by atoms with van der Waals surface area (Å²) in [7, 11) is 0. The second kappa shape index (κ2) is 12.2. The summed E-state index contributed by atoms with van der Waals surface area (Å²) in [6, 6.07) is 52.3. The van der Waals surface area contributed by atoms with E-state index in [9.17, 15) is 0 Å². The quantitative estimate of drug-likeness (QED) is 0.179. The Morgan fingerprint density at radius 2 is 0.909 bits per heavy atom. The third kappa shape index (κ3) is 5.28. The van der Waals surface area contributed by atoms with Crippen molar-refractivity contribution in [1.82, 2.24) is 15.0 Å². The van der Waals surface area contributed by atoms with Crippen LogP contribution in [0.1, 0.15) is 68.9 Å². The van der Waals surface area contributed by atoms with Crippen LogP contribution in [-0.2, 0) is 16.2 Å². The average molecular weight is 710 g/mol. The van der Waals surface area contributed by atoms with Crippen molar-refractivity contribution in [3.05, 3.63) is 191 Å². The molecule has 3 aliphatic carbocycles. The highest BCUT2D eigenvalue weighted by molar-refractivity contribution is 5.91. The van der Waals surface area contributed by atoms with Crippen LogP contribution in [0.25, 0.3) is 62.0 Å². The first-order valence-corrected chi connectivity index (χ1v) is 19.4. The molecule has 3 nitrogen and oxygen atoms in total. The van der Waals surface area contributed by atoms with Gasteiger partial charge in [0.15, 0.2) is 17.5 Å². The van der Waals surface area contributed by atoms with E-state index in [2.05, 4.69) is 174 Å². The van der Waals surface area contributed by atoms with Gasteiger partial charge in [0.25, 0.3) is 0 Å². The predicted molar refractivity (Wildman–Crippen MR) is 227 cm³/mol. The van der Waals surface area contributed by atoms with Gasteiger partial charge in [-0.3, -0.25) is 0 Å². The van der Waals surface area contributed by atoms with Gasteiger partial charge in [0.05, 0.1) is 0 Å². The minimum atomic E-state index is -0.115. The molecule has 0 saturated carbocycles. The zero-order valence-electron chi connectivity index (χ0n) is 32.1. The van der Waals surface area contributed by atoms with Crippen LogP contribution in [0, 0.1) is 0 Å². The molecule has 0 bridgehead atoms. The molecule has 0 radical (unpaired) electrons. The van der Waals surface area contributed by atoms with Crippen LogP contribution in [0.4, 0.5) is 0 Å². The summed E-state index contributed by atoms with van der Waals surface area (Å²) in [4.78, 5) is 15.1. The van der Waals surface area contributed by atoms with E-state index < -0.39 is 0 Å². The number of hydrogen-bond donors (Lipinski definition) is 0. The lowest BCUT2D eigenvalue weighted by molar-refractivity contribution is 0.571. The fraction of sp³-hybridized carbons (Fsp3) is 0.173. The van der Waals surface area contributed by atoms with E-state index in [0.717, 1.165) is 23.1 Å². The molecule has 3 aliphatic rings. The number of nitrogens with zero attached hydrogens (tertiary/aromatic N) is 3. The van der Waals surface area contributed by atoms with E-state index in [1.807, 2.05) is 18.2 Å². The minimum absolute atomic E-state index is 0.0258. The van der Waals surface area contributed by atoms with Gasteiger partial charge in [-0.05, 0) is 73.7 Å². The maximum atomic E-state index is 5.09. The monoisotopic (exact) mass is 709 g/mol. The number of hydrogen-bond acceptors (Lipinski definition) is 3. The number of allylic oxidation sites excluding steroid dienone is 4. The van der Waals surface area contributed by atoms with Crippen molar-refractivity contribution in [3.63, 3.8) is 0 Å². The van der Waals surface area contributed by atoms with Crippen LogP contribution >= 0.6 is 0 Å². The highest BCUT2D eigenvalue weighted by atomic mass is 15.0. The lowest BCUT2D eigenvalue weighted by Gasteiger charge is -2.34. The second-order valence-electron chi connectivity index (χ2n) is 16.7. The first kappa shape index (κ1) is 33.4. The summed E-state index contributed by atoms with van der Waals surface area (Å²) in [6.45, 7) is 11.7. The predicted octanol–water partition coefficient (Wildman–Crippen LogP) is 12.8. The Morgan fingerprint density at radius 3 is 1.56 bits per heavy atom.